The highest BCUT2D eigenvalue weighted by molar-refractivity contribution is 7.89. The van der Waals surface area contributed by atoms with Crippen molar-refractivity contribution >= 4 is 21.8 Å². The number of sulfonamides is 1. The van der Waals surface area contributed by atoms with Gasteiger partial charge < -0.3 is 10.2 Å². The first-order chi connectivity index (χ1) is 16.8. The standard InChI is InChI=1S/C25H41N5O4S/c1-19-24(20(2)30(27-19)18-23(31)28-14-8-9-15-28)35(33,34)29-16-10-11-21(17-29)25(32)26-22-12-6-4-3-5-7-13-22/h21-22H,3-18H2,1-2H3,(H,26,32)/t21-/m1/s1. The average Bonchev–Trinajstić information content (AvgIpc) is 3.44. The van der Waals surface area contributed by atoms with E-state index in [-0.39, 0.29) is 41.8 Å². The monoisotopic (exact) mass is 507 g/mol. The fourth-order valence-corrected chi connectivity index (χ4v) is 7.72. The summed E-state index contributed by atoms with van der Waals surface area (Å²) in [5.41, 5.74) is 0.883. The Morgan fingerprint density at radius 3 is 2.26 bits per heavy atom. The van der Waals surface area contributed by atoms with Crippen molar-refractivity contribution in [3.63, 3.8) is 0 Å². The second kappa shape index (κ2) is 11.4. The number of carbonyl (C=O) groups is 2. The van der Waals surface area contributed by atoms with Crippen LogP contribution in [0.4, 0.5) is 0 Å². The smallest absolute Gasteiger partial charge is 0.246 e. The lowest BCUT2D eigenvalue weighted by molar-refractivity contribution is -0.131. The average molecular weight is 508 g/mol. The summed E-state index contributed by atoms with van der Waals surface area (Å²) in [4.78, 5) is 27.7. The van der Waals surface area contributed by atoms with E-state index in [1.54, 1.807) is 13.8 Å². The number of likely N-dealkylation sites (tertiary alicyclic amines) is 1. The molecule has 2 saturated heterocycles. The molecule has 1 atom stereocenters. The minimum absolute atomic E-state index is 0.0178. The van der Waals surface area contributed by atoms with Crippen LogP contribution in [0.1, 0.15) is 82.0 Å². The van der Waals surface area contributed by atoms with Crippen molar-refractivity contribution in [2.75, 3.05) is 26.2 Å². The van der Waals surface area contributed by atoms with Crippen molar-refractivity contribution in [1.82, 2.24) is 24.3 Å². The molecule has 1 aromatic rings. The number of nitrogens with zero attached hydrogens (tertiary/aromatic N) is 4. The van der Waals surface area contributed by atoms with Crippen molar-refractivity contribution in [1.29, 1.82) is 0 Å². The Kier molecular flexibility index (Phi) is 8.52. The first kappa shape index (κ1) is 26.1. The van der Waals surface area contributed by atoms with Crippen molar-refractivity contribution in [2.45, 2.75) is 102 Å². The second-order valence-electron chi connectivity index (χ2n) is 10.5. The van der Waals surface area contributed by atoms with E-state index in [0.717, 1.165) is 51.6 Å². The third-order valence-corrected chi connectivity index (χ3v) is 9.98. The molecule has 4 rings (SSSR count). The molecule has 0 radical (unpaired) electrons. The van der Waals surface area contributed by atoms with E-state index >= 15 is 0 Å². The summed E-state index contributed by atoms with van der Waals surface area (Å²) in [6, 6.07) is 0.200. The van der Waals surface area contributed by atoms with Crippen molar-refractivity contribution in [2.24, 2.45) is 5.92 Å². The minimum atomic E-state index is -3.82. The fraction of sp³-hybridized carbons (Fsp3) is 0.800. The Hall–Kier alpha value is -1.94. The van der Waals surface area contributed by atoms with E-state index in [1.807, 2.05) is 4.90 Å². The van der Waals surface area contributed by atoms with Gasteiger partial charge in [-0.05, 0) is 52.4 Å². The summed E-state index contributed by atoms with van der Waals surface area (Å²) >= 11 is 0. The number of hydrogen-bond donors (Lipinski definition) is 1. The molecule has 9 nitrogen and oxygen atoms in total. The molecule has 1 aliphatic carbocycles. The molecule has 3 aliphatic rings. The third kappa shape index (κ3) is 6.07. The lowest BCUT2D eigenvalue weighted by Crippen LogP contribution is -2.47. The number of hydrogen-bond acceptors (Lipinski definition) is 5. The van der Waals surface area contributed by atoms with Gasteiger partial charge in [0.25, 0.3) is 0 Å². The maximum atomic E-state index is 13.7. The summed E-state index contributed by atoms with van der Waals surface area (Å²) < 4.78 is 30.3. The molecule has 0 spiro atoms. The van der Waals surface area contributed by atoms with Gasteiger partial charge in [-0.1, -0.05) is 32.1 Å². The van der Waals surface area contributed by atoms with Gasteiger partial charge in [0.2, 0.25) is 21.8 Å². The van der Waals surface area contributed by atoms with Crippen LogP contribution in [-0.4, -0.2) is 71.4 Å². The normalized spacial score (nSPS) is 23.1. The van der Waals surface area contributed by atoms with Crippen molar-refractivity contribution in [3.05, 3.63) is 11.4 Å². The first-order valence-corrected chi connectivity index (χ1v) is 14.8. The molecule has 0 aromatic carbocycles. The highest BCUT2D eigenvalue weighted by atomic mass is 32.2. The number of aromatic nitrogens is 2. The van der Waals surface area contributed by atoms with E-state index in [9.17, 15) is 18.0 Å². The summed E-state index contributed by atoms with van der Waals surface area (Å²) in [6.45, 7) is 5.54. The Morgan fingerprint density at radius 2 is 1.57 bits per heavy atom. The van der Waals surface area contributed by atoms with Gasteiger partial charge in [-0.3, -0.25) is 14.3 Å². The molecule has 3 heterocycles. The first-order valence-electron chi connectivity index (χ1n) is 13.4. The van der Waals surface area contributed by atoms with Crippen LogP contribution in [0.25, 0.3) is 0 Å². The van der Waals surface area contributed by atoms with Crippen LogP contribution in [0.15, 0.2) is 4.90 Å². The Morgan fingerprint density at radius 1 is 0.914 bits per heavy atom. The lowest BCUT2D eigenvalue weighted by atomic mass is 9.94. The van der Waals surface area contributed by atoms with Crippen LogP contribution in [0.5, 0.6) is 0 Å². The van der Waals surface area contributed by atoms with E-state index in [4.69, 9.17) is 0 Å². The predicted molar refractivity (Wildman–Crippen MR) is 133 cm³/mol. The van der Waals surface area contributed by atoms with Gasteiger partial charge in [-0.2, -0.15) is 9.40 Å². The second-order valence-corrected chi connectivity index (χ2v) is 12.4. The highest BCUT2D eigenvalue weighted by Gasteiger charge is 2.37. The van der Waals surface area contributed by atoms with Gasteiger partial charge in [0.1, 0.15) is 11.4 Å². The van der Waals surface area contributed by atoms with Gasteiger partial charge in [-0.25, -0.2) is 8.42 Å². The molecule has 1 aromatic heterocycles. The number of nitrogens with one attached hydrogen (secondary N) is 1. The highest BCUT2D eigenvalue weighted by Crippen LogP contribution is 2.28. The van der Waals surface area contributed by atoms with Crippen LogP contribution < -0.4 is 5.32 Å². The molecule has 3 fully saturated rings. The van der Waals surface area contributed by atoms with E-state index in [0.29, 0.717) is 30.8 Å². The Bertz CT molecular complexity index is 1010. The minimum Gasteiger partial charge on any atom is -0.353 e. The third-order valence-electron chi connectivity index (χ3n) is 7.86. The zero-order chi connectivity index (χ0) is 25.0. The molecular formula is C25H41N5O4S. The van der Waals surface area contributed by atoms with Gasteiger partial charge in [0.15, 0.2) is 0 Å². The van der Waals surface area contributed by atoms with Gasteiger partial charge in [-0.15, -0.1) is 0 Å². The van der Waals surface area contributed by atoms with Crippen LogP contribution in [0.3, 0.4) is 0 Å². The number of amides is 2. The van der Waals surface area contributed by atoms with Crippen LogP contribution in [-0.2, 0) is 26.2 Å². The molecule has 10 heteroatoms. The lowest BCUT2D eigenvalue weighted by Gasteiger charge is -2.32. The fourth-order valence-electron chi connectivity index (χ4n) is 5.83. The molecule has 0 unspecified atom stereocenters. The van der Waals surface area contributed by atoms with Crippen molar-refractivity contribution in [3.8, 4) is 0 Å². The Balaban J connectivity index is 1.43. The molecule has 196 valence electrons. The van der Waals surface area contributed by atoms with E-state index in [2.05, 4.69) is 10.4 Å². The molecule has 2 aliphatic heterocycles. The number of piperidine rings is 1. The summed E-state index contributed by atoms with van der Waals surface area (Å²) in [5.74, 6) is -0.381. The van der Waals surface area contributed by atoms with Crippen LogP contribution in [0.2, 0.25) is 0 Å². The topological polar surface area (TPSA) is 105 Å². The largest absolute Gasteiger partial charge is 0.353 e. The Labute approximate surface area is 209 Å². The van der Waals surface area contributed by atoms with Gasteiger partial charge >= 0.3 is 0 Å². The molecule has 35 heavy (non-hydrogen) atoms. The maximum absolute atomic E-state index is 13.7. The molecule has 2 amide bonds. The SMILES string of the molecule is Cc1nn(CC(=O)N2CCCC2)c(C)c1S(=O)(=O)N1CCC[C@@H](C(=O)NC2CCCCCCC2)C1. The van der Waals surface area contributed by atoms with Crippen molar-refractivity contribution < 1.29 is 18.0 Å². The quantitative estimate of drug-likeness (QED) is 0.638. The van der Waals surface area contributed by atoms with Crippen LogP contribution >= 0.6 is 0 Å². The molecule has 1 saturated carbocycles. The number of aryl methyl sites for hydroxylation is 1. The predicted octanol–water partition coefficient (Wildman–Crippen LogP) is 2.75. The van der Waals surface area contributed by atoms with Gasteiger partial charge in [0, 0.05) is 32.2 Å². The summed E-state index contributed by atoms with van der Waals surface area (Å²) in [6.07, 6.45) is 11.4. The molecular weight excluding hydrogens is 466 g/mol. The summed E-state index contributed by atoms with van der Waals surface area (Å²) in [5, 5.41) is 7.64. The number of rotatable bonds is 6. The molecule has 1 N–H and O–H groups in total. The zero-order valence-electron chi connectivity index (χ0n) is 21.3. The van der Waals surface area contributed by atoms with Gasteiger partial charge in [0.05, 0.1) is 17.3 Å². The zero-order valence-corrected chi connectivity index (χ0v) is 22.1. The maximum Gasteiger partial charge on any atom is 0.246 e. The van der Waals surface area contributed by atoms with E-state index in [1.165, 1.54) is 28.2 Å². The summed E-state index contributed by atoms with van der Waals surface area (Å²) in [7, 11) is -3.82. The van der Waals surface area contributed by atoms with E-state index < -0.39 is 10.0 Å². The number of carbonyl (C=O) groups excluding carboxylic acids is 2. The molecule has 0 bridgehead atoms. The van der Waals surface area contributed by atoms with Crippen LogP contribution in [0, 0.1) is 19.8 Å².